The summed E-state index contributed by atoms with van der Waals surface area (Å²) in [6.45, 7) is 0. The number of carbonyl (C=O) groups excluding carboxylic acids is 3. The highest BCUT2D eigenvalue weighted by molar-refractivity contribution is 6.21. The molecular weight excluding hydrogens is 298 g/mol. The molecule has 7 heteroatoms. The maximum Gasteiger partial charge on any atom is 0.367 e. The molecule has 1 fully saturated rings. The summed E-state index contributed by atoms with van der Waals surface area (Å²) < 4.78 is 1.64. The summed E-state index contributed by atoms with van der Waals surface area (Å²) in [6, 6.07) is 6.37. The lowest BCUT2D eigenvalue weighted by Crippen LogP contribution is -2.32. The second-order valence-corrected chi connectivity index (χ2v) is 5.67. The lowest BCUT2D eigenvalue weighted by molar-refractivity contribution is -0.0585. The highest BCUT2D eigenvalue weighted by Crippen LogP contribution is 2.41. The fraction of sp³-hybridized carbons (Fsp3) is 0.250. The van der Waals surface area contributed by atoms with E-state index in [4.69, 9.17) is 4.84 Å². The van der Waals surface area contributed by atoms with Crippen molar-refractivity contribution in [3.63, 3.8) is 0 Å². The van der Waals surface area contributed by atoms with Crippen molar-refractivity contribution in [3.8, 4) is 0 Å². The summed E-state index contributed by atoms with van der Waals surface area (Å²) in [4.78, 5) is 41.9. The summed E-state index contributed by atoms with van der Waals surface area (Å²) in [7, 11) is 1.76. The highest BCUT2D eigenvalue weighted by Gasteiger charge is 2.40. The molecule has 0 spiro atoms. The molecule has 1 saturated carbocycles. The van der Waals surface area contributed by atoms with Crippen molar-refractivity contribution in [3.05, 3.63) is 52.8 Å². The number of amides is 2. The van der Waals surface area contributed by atoms with Crippen LogP contribution in [0.4, 0.5) is 0 Å². The van der Waals surface area contributed by atoms with Gasteiger partial charge in [-0.05, 0) is 25.0 Å². The van der Waals surface area contributed by atoms with E-state index in [1.807, 2.05) is 0 Å². The third-order valence-corrected chi connectivity index (χ3v) is 4.10. The van der Waals surface area contributed by atoms with Gasteiger partial charge in [-0.25, -0.2) is 4.79 Å². The number of fused-ring (bicyclic) bond motifs is 1. The molecule has 0 N–H and O–H groups in total. The van der Waals surface area contributed by atoms with Gasteiger partial charge < -0.3 is 4.84 Å². The van der Waals surface area contributed by atoms with Crippen LogP contribution in [-0.4, -0.2) is 32.6 Å². The lowest BCUT2D eigenvalue weighted by Gasteiger charge is -2.12. The van der Waals surface area contributed by atoms with Crippen molar-refractivity contribution in [1.29, 1.82) is 0 Å². The topological polar surface area (TPSA) is 81.5 Å². The van der Waals surface area contributed by atoms with E-state index in [2.05, 4.69) is 5.10 Å². The third kappa shape index (κ3) is 2.04. The van der Waals surface area contributed by atoms with E-state index in [0.717, 1.165) is 18.5 Å². The zero-order valence-corrected chi connectivity index (χ0v) is 12.4. The molecule has 2 aliphatic rings. The van der Waals surface area contributed by atoms with E-state index in [0.29, 0.717) is 10.6 Å². The second kappa shape index (κ2) is 4.77. The minimum absolute atomic E-state index is 0.235. The first-order valence-corrected chi connectivity index (χ1v) is 7.30. The van der Waals surface area contributed by atoms with Crippen LogP contribution in [0.2, 0.25) is 0 Å². The Morgan fingerprint density at radius 2 is 1.78 bits per heavy atom. The molecule has 0 bridgehead atoms. The van der Waals surface area contributed by atoms with E-state index in [-0.39, 0.29) is 17.0 Å². The van der Waals surface area contributed by atoms with Crippen LogP contribution in [0.1, 0.15) is 55.5 Å². The second-order valence-electron chi connectivity index (χ2n) is 5.67. The summed E-state index contributed by atoms with van der Waals surface area (Å²) >= 11 is 0. The van der Waals surface area contributed by atoms with Crippen LogP contribution < -0.4 is 0 Å². The zero-order valence-electron chi connectivity index (χ0n) is 12.4. The molecular formula is C16H13N3O4. The Labute approximate surface area is 131 Å². The maximum absolute atomic E-state index is 12.4. The van der Waals surface area contributed by atoms with Crippen molar-refractivity contribution in [2.45, 2.75) is 18.8 Å². The Morgan fingerprint density at radius 3 is 2.35 bits per heavy atom. The molecule has 4 rings (SSSR count). The number of imide groups is 1. The van der Waals surface area contributed by atoms with Gasteiger partial charge in [-0.15, -0.1) is 0 Å². The van der Waals surface area contributed by atoms with Gasteiger partial charge in [0.05, 0.1) is 23.0 Å². The molecule has 1 aromatic carbocycles. The van der Waals surface area contributed by atoms with Gasteiger partial charge in [0.2, 0.25) is 0 Å². The molecule has 2 aromatic rings. The number of rotatable bonds is 3. The Bertz CT molecular complexity index is 816. The third-order valence-electron chi connectivity index (χ3n) is 4.10. The Hall–Kier alpha value is -2.96. The average Bonchev–Trinajstić information content (AvgIpc) is 3.28. The van der Waals surface area contributed by atoms with Gasteiger partial charge in [0.1, 0.15) is 5.56 Å². The highest BCUT2D eigenvalue weighted by atomic mass is 16.7. The van der Waals surface area contributed by atoms with Crippen LogP contribution in [0, 0.1) is 0 Å². The van der Waals surface area contributed by atoms with Gasteiger partial charge in [0.15, 0.2) is 0 Å². The van der Waals surface area contributed by atoms with Gasteiger partial charge in [-0.1, -0.05) is 17.2 Å². The predicted molar refractivity (Wildman–Crippen MR) is 77.5 cm³/mol. The van der Waals surface area contributed by atoms with E-state index < -0.39 is 17.8 Å². The van der Waals surface area contributed by atoms with E-state index in [1.54, 1.807) is 23.9 Å². The maximum atomic E-state index is 12.4. The molecule has 1 aliphatic heterocycles. The van der Waals surface area contributed by atoms with Crippen LogP contribution in [0.15, 0.2) is 30.5 Å². The standard InChI is InChI=1S/C16H13N3O4/c1-18-13(9-6-7-9)12(8-17-18)16(22)23-19-14(20)10-4-2-3-5-11(10)15(19)21/h2-5,8-9H,6-7H2,1H3. The first-order valence-electron chi connectivity index (χ1n) is 7.30. The zero-order chi connectivity index (χ0) is 16.1. The summed E-state index contributed by atoms with van der Waals surface area (Å²) in [5.41, 5.74) is 1.55. The lowest BCUT2D eigenvalue weighted by atomic mass is 10.1. The largest absolute Gasteiger partial charge is 0.367 e. The van der Waals surface area contributed by atoms with Crippen LogP contribution in [0.25, 0.3) is 0 Å². The van der Waals surface area contributed by atoms with Crippen LogP contribution in [0.5, 0.6) is 0 Å². The molecule has 0 unspecified atom stereocenters. The number of nitrogens with zero attached hydrogens (tertiary/aromatic N) is 3. The molecule has 0 saturated heterocycles. The van der Waals surface area contributed by atoms with E-state index in [1.165, 1.54) is 18.3 Å². The molecule has 7 nitrogen and oxygen atoms in total. The summed E-state index contributed by atoms with van der Waals surface area (Å²) in [6.07, 6.45) is 3.40. The number of carbonyl (C=O) groups is 3. The van der Waals surface area contributed by atoms with Crippen LogP contribution in [-0.2, 0) is 11.9 Å². The molecule has 1 aromatic heterocycles. The molecule has 1 aliphatic carbocycles. The molecule has 0 atom stereocenters. The minimum Gasteiger partial charge on any atom is -0.324 e. The van der Waals surface area contributed by atoms with Crippen molar-refractivity contribution < 1.29 is 19.2 Å². The Balaban J connectivity index is 1.61. The van der Waals surface area contributed by atoms with Crippen LogP contribution >= 0.6 is 0 Å². The quantitative estimate of drug-likeness (QED) is 0.805. The van der Waals surface area contributed by atoms with Gasteiger partial charge in [-0.2, -0.15) is 5.10 Å². The average molecular weight is 311 g/mol. The van der Waals surface area contributed by atoms with Crippen molar-refractivity contribution in [2.24, 2.45) is 7.05 Å². The number of aryl methyl sites for hydroxylation is 1. The first kappa shape index (κ1) is 13.7. The Morgan fingerprint density at radius 1 is 1.17 bits per heavy atom. The number of benzene rings is 1. The number of aromatic nitrogens is 2. The summed E-state index contributed by atoms with van der Waals surface area (Å²) in [5.74, 6) is -1.71. The fourth-order valence-electron chi connectivity index (χ4n) is 2.83. The van der Waals surface area contributed by atoms with Crippen molar-refractivity contribution >= 4 is 17.8 Å². The normalized spacial score (nSPS) is 16.7. The predicted octanol–water partition coefficient (Wildman–Crippen LogP) is 1.67. The number of hydroxylamine groups is 2. The smallest absolute Gasteiger partial charge is 0.324 e. The number of hydrogen-bond donors (Lipinski definition) is 0. The van der Waals surface area contributed by atoms with Gasteiger partial charge in [0.25, 0.3) is 11.8 Å². The van der Waals surface area contributed by atoms with Crippen molar-refractivity contribution in [1.82, 2.24) is 14.8 Å². The molecule has 2 heterocycles. The van der Waals surface area contributed by atoms with Crippen LogP contribution in [0.3, 0.4) is 0 Å². The summed E-state index contributed by atoms with van der Waals surface area (Å²) in [5, 5.41) is 4.60. The molecule has 116 valence electrons. The molecule has 23 heavy (non-hydrogen) atoms. The van der Waals surface area contributed by atoms with E-state index in [9.17, 15) is 14.4 Å². The van der Waals surface area contributed by atoms with E-state index >= 15 is 0 Å². The van der Waals surface area contributed by atoms with Gasteiger partial charge >= 0.3 is 5.97 Å². The molecule has 0 radical (unpaired) electrons. The SMILES string of the molecule is Cn1ncc(C(=O)ON2C(=O)c3ccccc3C2=O)c1C1CC1. The van der Waals surface area contributed by atoms with Gasteiger partial charge in [-0.3, -0.25) is 14.3 Å². The Kier molecular flexibility index (Phi) is 2.84. The van der Waals surface area contributed by atoms with Gasteiger partial charge in [0, 0.05) is 13.0 Å². The molecule has 2 amide bonds. The fourth-order valence-corrected chi connectivity index (χ4v) is 2.83. The minimum atomic E-state index is -0.741. The monoisotopic (exact) mass is 311 g/mol. The first-order chi connectivity index (χ1) is 11.1. The number of hydrogen-bond acceptors (Lipinski definition) is 5. The van der Waals surface area contributed by atoms with Crippen molar-refractivity contribution in [2.75, 3.05) is 0 Å².